The molecule has 0 aliphatic carbocycles. The number of thiophene rings is 1. The minimum Gasteiger partial charge on any atom is -0.380 e. The summed E-state index contributed by atoms with van der Waals surface area (Å²) in [6.45, 7) is 4.22. The van der Waals surface area contributed by atoms with Gasteiger partial charge >= 0.3 is 0 Å². The van der Waals surface area contributed by atoms with Gasteiger partial charge in [-0.25, -0.2) is 13.1 Å². The Morgan fingerprint density at radius 3 is 2.60 bits per heavy atom. The van der Waals surface area contributed by atoms with Crippen molar-refractivity contribution < 1.29 is 8.42 Å². The Morgan fingerprint density at radius 1 is 1.20 bits per heavy atom. The fraction of sp³-hybridized carbons (Fsp3) is 0.286. The standard InChI is InChI=1S/C14H18N2O2S2/c1-11(2)16-20(17,18)14-6-4-3-5-13(14)15-9-12-7-8-19-10-12/h3-8,10-11,15-16H,9H2,1-2H3. The van der Waals surface area contributed by atoms with E-state index in [1.165, 1.54) is 0 Å². The molecule has 0 amide bonds. The van der Waals surface area contributed by atoms with Crippen LogP contribution in [0.5, 0.6) is 0 Å². The first kappa shape index (κ1) is 15.0. The van der Waals surface area contributed by atoms with Crippen LogP contribution in [0.1, 0.15) is 19.4 Å². The van der Waals surface area contributed by atoms with E-state index in [0.717, 1.165) is 5.56 Å². The third-order valence-corrected chi connectivity index (χ3v) is 5.08. The molecule has 0 atom stereocenters. The van der Waals surface area contributed by atoms with Gasteiger partial charge in [0, 0.05) is 12.6 Å². The largest absolute Gasteiger partial charge is 0.380 e. The van der Waals surface area contributed by atoms with Crippen LogP contribution in [0.3, 0.4) is 0 Å². The Balaban J connectivity index is 2.22. The predicted octanol–water partition coefficient (Wildman–Crippen LogP) is 3.05. The smallest absolute Gasteiger partial charge is 0.242 e. The maximum absolute atomic E-state index is 12.3. The highest BCUT2D eigenvalue weighted by Gasteiger charge is 2.18. The van der Waals surface area contributed by atoms with Crippen molar-refractivity contribution in [3.63, 3.8) is 0 Å². The summed E-state index contributed by atoms with van der Waals surface area (Å²) >= 11 is 1.62. The summed E-state index contributed by atoms with van der Waals surface area (Å²) in [6.07, 6.45) is 0. The lowest BCUT2D eigenvalue weighted by molar-refractivity contribution is 0.570. The number of benzene rings is 1. The van der Waals surface area contributed by atoms with Gasteiger partial charge in [0.25, 0.3) is 0 Å². The lowest BCUT2D eigenvalue weighted by atomic mass is 10.3. The zero-order chi connectivity index (χ0) is 14.6. The third kappa shape index (κ3) is 3.82. The Labute approximate surface area is 123 Å². The lowest BCUT2D eigenvalue weighted by Crippen LogP contribution is -2.30. The van der Waals surface area contributed by atoms with Crippen molar-refractivity contribution in [1.82, 2.24) is 4.72 Å². The quantitative estimate of drug-likeness (QED) is 0.862. The van der Waals surface area contributed by atoms with E-state index in [9.17, 15) is 8.42 Å². The Bertz CT molecular complexity index is 650. The zero-order valence-electron chi connectivity index (χ0n) is 11.5. The maximum Gasteiger partial charge on any atom is 0.242 e. The zero-order valence-corrected chi connectivity index (χ0v) is 13.1. The number of sulfonamides is 1. The molecular formula is C14H18N2O2S2. The van der Waals surface area contributed by atoms with E-state index >= 15 is 0 Å². The van der Waals surface area contributed by atoms with Crippen molar-refractivity contribution in [1.29, 1.82) is 0 Å². The molecular weight excluding hydrogens is 292 g/mol. The van der Waals surface area contributed by atoms with E-state index in [1.54, 1.807) is 43.4 Å². The van der Waals surface area contributed by atoms with E-state index in [2.05, 4.69) is 10.0 Å². The molecule has 0 fully saturated rings. The van der Waals surface area contributed by atoms with Crippen LogP contribution in [-0.4, -0.2) is 14.5 Å². The lowest BCUT2D eigenvalue weighted by Gasteiger charge is -2.14. The molecule has 0 aliphatic rings. The van der Waals surface area contributed by atoms with E-state index in [4.69, 9.17) is 0 Å². The number of rotatable bonds is 6. The molecule has 1 aromatic carbocycles. The molecule has 0 saturated carbocycles. The molecule has 1 heterocycles. The summed E-state index contributed by atoms with van der Waals surface area (Å²) < 4.78 is 27.2. The molecule has 2 N–H and O–H groups in total. The molecule has 2 aromatic rings. The molecule has 4 nitrogen and oxygen atoms in total. The van der Waals surface area contributed by atoms with Crippen molar-refractivity contribution in [3.8, 4) is 0 Å². The van der Waals surface area contributed by atoms with Gasteiger partial charge in [-0.1, -0.05) is 12.1 Å². The third-order valence-electron chi connectivity index (χ3n) is 2.63. The molecule has 0 saturated heterocycles. The second-order valence-electron chi connectivity index (χ2n) is 4.76. The summed E-state index contributed by atoms with van der Waals surface area (Å²) in [4.78, 5) is 0.281. The molecule has 108 valence electrons. The second-order valence-corrected chi connectivity index (χ2v) is 7.22. The van der Waals surface area contributed by atoms with Crippen molar-refractivity contribution in [2.24, 2.45) is 0 Å². The SMILES string of the molecule is CC(C)NS(=O)(=O)c1ccccc1NCc1ccsc1. The fourth-order valence-electron chi connectivity index (χ4n) is 1.81. The van der Waals surface area contributed by atoms with Gasteiger partial charge in [-0.3, -0.25) is 0 Å². The van der Waals surface area contributed by atoms with Gasteiger partial charge in [0.1, 0.15) is 4.90 Å². The van der Waals surface area contributed by atoms with Crippen LogP contribution in [0.25, 0.3) is 0 Å². The first-order valence-corrected chi connectivity index (χ1v) is 8.78. The van der Waals surface area contributed by atoms with E-state index in [1.807, 2.05) is 22.9 Å². The highest BCUT2D eigenvalue weighted by molar-refractivity contribution is 7.89. The number of hydrogen-bond donors (Lipinski definition) is 2. The van der Waals surface area contributed by atoms with Crippen LogP contribution in [0.4, 0.5) is 5.69 Å². The summed E-state index contributed by atoms with van der Waals surface area (Å²) in [6, 6.07) is 8.82. The fourth-order valence-corrected chi connectivity index (χ4v) is 3.91. The molecule has 0 aliphatic heterocycles. The normalized spacial score (nSPS) is 11.8. The Kier molecular flexibility index (Phi) is 4.80. The van der Waals surface area contributed by atoms with Crippen molar-refractivity contribution in [2.45, 2.75) is 31.3 Å². The van der Waals surface area contributed by atoms with Gasteiger partial charge in [0.15, 0.2) is 0 Å². The van der Waals surface area contributed by atoms with Crippen LogP contribution < -0.4 is 10.0 Å². The first-order chi connectivity index (χ1) is 9.49. The molecule has 0 radical (unpaired) electrons. The average molecular weight is 310 g/mol. The number of nitrogens with one attached hydrogen (secondary N) is 2. The maximum atomic E-state index is 12.3. The van der Waals surface area contributed by atoms with Crippen LogP contribution in [0, 0.1) is 0 Å². The van der Waals surface area contributed by atoms with Crippen molar-refractivity contribution in [2.75, 3.05) is 5.32 Å². The average Bonchev–Trinajstić information content (AvgIpc) is 2.88. The van der Waals surface area contributed by atoms with Gasteiger partial charge in [-0.05, 0) is 48.4 Å². The van der Waals surface area contributed by atoms with Crippen LogP contribution in [-0.2, 0) is 16.6 Å². The van der Waals surface area contributed by atoms with Gasteiger partial charge in [0.05, 0.1) is 5.69 Å². The molecule has 2 rings (SSSR count). The molecule has 6 heteroatoms. The van der Waals surface area contributed by atoms with Gasteiger partial charge in [-0.2, -0.15) is 11.3 Å². The van der Waals surface area contributed by atoms with Gasteiger partial charge < -0.3 is 5.32 Å². The number of para-hydroxylation sites is 1. The van der Waals surface area contributed by atoms with Crippen LogP contribution >= 0.6 is 11.3 Å². The number of hydrogen-bond acceptors (Lipinski definition) is 4. The molecule has 0 unspecified atom stereocenters. The molecule has 0 spiro atoms. The first-order valence-electron chi connectivity index (χ1n) is 6.35. The molecule has 0 bridgehead atoms. The van der Waals surface area contributed by atoms with Crippen molar-refractivity contribution in [3.05, 3.63) is 46.7 Å². The summed E-state index contributed by atoms with van der Waals surface area (Å²) in [5.41, 5.74) is 1.76. The van der Waals surface area contributed by atoms with Crippen LogP contribution in [0.15, 0.2) is 46.0 Å². The predicted molar refractivity (Wildman–Crippen MR) is 83.5 cm³/mol. The van der Waals surface area contributed by atoms with Gasteiger partial charge in [0.2, 0.25) is 10.0 Å². The topological polar surface area (TPSA) is 58.2 Å². The highest BCUT2D eigenvalue weighted by atomic mass is 32.2. The van der Waals surface area contributed by atoms with E-state index in [-0.39, 0.29) is 10.9 Å². The minimum atomic E-state index is -3.49. The summed E-state index contributed by atoms with van der Waals surface area (Å²) in [7, 11) is -3.49. The van der Waals surface area contributed by atoms with E-state index in [0.29, 0.717) is 12.2 Å². The Morgan fingerprint density at radius 2 is 1.95 bits per heavy atom. The van der Waals surface area contributed by atoms with Gasteiger partial charge in [-0.15, -0.1) is 0 Å². The van der Waals surface area contributed by atoms with Crippen molar-refractivity contribution >= 4 is 27.0 Å². The monoisotopic (exact) mass is 310 g/mol. The molecule has 20 heavy (non-hydrogen) atoms. The minimum absolute atomic E-state index is 0.134. The second kappa shape index (κ2) is 6.39. The summed E-state index contributed by atoms with van der Waals surface area (Å²) in [5, 5.41) is 7.22. The van der Waals surface area contributed by atoms with E-state index < -0.39 is 10.0 Å². The number of anilines is 1. The van der Waals surface area contributed by atoms with Crippen LogP contribution in [0.2, 0.25) is 0 Å². The Hall–Kier alpha value is -1.37. The molecule has 1 aromatic heterocycles. The summed E-state index contributed by atoms with van der Waals surface area (Å²) in [5.74, 6) is 0. The highest BCUT2D eigenvalue weighted by Crippen LogP contribution is 2.22.